The van der Waals surface area contributed by atoms with Crippen LogP contribution in [0.3, 0.4) is 0 Å². The summed E-state index contributed by atoms with van der Waals surface area (Å²) in [6.07, 6.45) is 0.894. The monoisotopic (exact) mass is 325 g/mol. The molecule has 0 aliphatic heterocycles. The number of para-hydroxylation sites is 1. The zero-order valence-corrected chi connectivity index (χ0v) is 14.2. The van der Waals surface area contributed by atoms with Crippen molar-refractivity contribution in [1.82, 2.24) is 0 Å². The second-order valence-electron chi connectivity index (χ2n) is 5.77. The van der Waals surface area contributed by atoms with Crippen LogP contribution in [0.15, 0.2) is 48.5 Å². The highest BCUT2D eigenvalue weighted by Crippen LogP contribution is 2.19. The number of rotatable bonds is 7. The van der Waals surface area contributed by atoms with E-state index in [2.05, 4.69) is 5.32 Å². The fourth-order valence-corrected chi connectivity index (χ4v) is 2.43. The van der Waals surface area contributed by atoms with Crippen LogP contribution in [0.2, 0.25) is 0 Å². The number of amides is 1. The van der Waals surface area contributed by atoms with Crippen molar-refractivity contribution in [2.24, 2.45) is 0 Å². The lowest BCUT2D eigenvalue weighted by molar-refractivity contribution is -0.144. The molecule has 2 aromatic carbocycles. The fourth-order valence-electron chi connectivity index (χ4n) is 2.43. The third-order valence-corrected chi connectivity index (χ3v) is 3.80. The number of carbonyl (C=O) groups is 2. The Morgan fingerprint density at radius 3 is 2.25 bits per heavy atom. The molecule has 0 radical (unpaired) electrons. The van der Waals surface area contributed by atoms with E-state index in [1.54, 1.807) is 0 Å². The van der Waals surface area contributed by atoms with Crippen LogP contribution in [0, 0.1) is 13.8 Å². The average molecular weight is 325 g/mol. The number of benzene rings is 2. The van der Waals surface area contributed by atoms with Gasteiger partial charge in [-0.05, 0) is 30.5 Å². The van der Waals surface area contributed by atoms with Crippen LogP contribution in [-0.4, -0.2) is 18.5 Å². The van der Waals surface area contributed by atoms with Crippen molar-refractivity contribution < 1.29 is 14.3 Å². The predicted molar refractivity (Wildman–Crippen MR) is 94.9 cm³/mol. The molecule has 2 aromatic rings. The molecule has 1 N–H and O–H groups in total. The third-order valence-electron chi connectivity index (χ3n) is 3.80. The number of hydrogen-bond acceptors (Lipinski definition) is 3. The molecule has 0 aliphatic carbocycles. The quantitative estimate of drug-likeness (QED) is 0.788. The van der Waals surface area contributed by atoms with Gasteiger partial charge in [-0.3, -0.25) is 9.59 Å². The SMILES string of the molecule is Cc1cccc(C)c1NC(=O)CCC(=O)OCCc1ccccc1. The molecule has 0 atom stereocenters. The molecule has 24 heavy (non-hydrogen) atoms. The van der Waals surface area contributed by atoms with Crippen molar-refractivity contribution in [3.05, 3.63) is 65.2 Å². The molecule has 4 heteroatoms. The molecule has 0 heterocycles. The molecule has 0 unspecified atom stereocenters. The van der Waals surface area contributed by atoms with E-state index in [9.17, 15) is 9.59 Å². The number of carbonyl (C=O) groups excluding carboxylic acids is 2. The number of nitrogens with one attached hydrogen (secondary N) is 1. The summed E-state index contributed by atoms with van der Waals surface area (Å²) < 4.78 is 5.18. The normalized spacial score (nSPS) is 10.2. The lowest BCUT2D eigenvalue weighted by atomic mass is 10.1. The number of esters is 1. The minimum atomic E-state index is -0.345. The number of aryl methyl sites for hydroxylation is 2. The summed E-state index contributed by atoms with van der Waals surface area (Å²) in [4.78, 5) is 23.7. The standard InChI is InChI=1S/C20H23NO3/c1-15-7-6-8-16(2)20(15)21-18(22)11-12-19(23)24-14-13-17-9-4-3-5-10-17/h3-10H,11-14H2,1-2H3,(H,21,22). The van der Waals surface area contributed by atoms with E-state index in [1.165, 1.54) is 0 Å². The van der Waals surface area contributed by atoms with Crippen molar-refractivity contribution in [1.29, 1.82) is 0 Å². The van der Waals surface area contributed by atoms with E-state index in [4.69, 9.17) is 4.74 Å². The summed E-state index contributed by atoms with van der Waals surface area (Å²) in [5, 5.41) is 2.87. The third kappa shape index (κ3) is 5.54. The second kappa shape index (κ2) is 8.87. The molecule has 0 fully saturated rings. The van der Waals surface area contributed by atoms with Crippen LogP contribution in [0.25, 0.3) is 0 Å². The van der Waals surface area contributed by atoms with Gasteiger partial charge in [-0.1, -0.05) is 48.5 Å². The van der Waals surface area contributed by atoms with Crippen molar-refractivity contribution in [2.45, 2.75) is 33.1 Å². The summed E-state index contributed by atoms with van der Waals surface area (Å²) in [5.41, 5.74) is 3.96. The summed E-state index contributed by atoms with van der Waals surface area (Å²) in [6, 6.07) is 15.7. The Labute approximate surface area is 142 Å². The molecule has 4 nitrogen and oxygen atoms in total. The van der Waals surface area contributed by atoms with Crippen molar-refractivity contribution in [3.8, 4) is 0 Å². The van der Waals surface area contributed by atoms with Gasteiger partial charge in [0.1, 0.15) is 0 Å². The molecule has 0 spiro atoms. The molecule has 0 aliphatic rings. The smallest absolute Gasteiger partial charge is 0.306 e. The van der Waals surface area contributed by atoms with Gasteiger partial charge in [-0.2, -0.15) is 0 Å². The Kier molecular flexibility index (Phi) is 6.55. The Morgan fingerprint density at radius 1 is 0.917 bits per heavy atom. The first-order valence-electron chi connectivity index (χ1n) is 8.12. The van der Waals surface area contributed by atoms with Crippen LogP contribution in [0.5, 0.6) is 0 Å². The van der Waals surface area contributed by atoms with Gasteiger partial charge in [-0.15, -0.1) is 0 Å². The minimum absolute atomic E-state index is 0.0888. The fraction of sp³-hybridized carbons (Fsp3) is 0.300. The molecule has 0 bridgehead atoms. The molecule has 1 amide bonds. The lowest BCUT2D eigenvalue weighted by Crippen LogP contribution is -2.16. The van der Waals surface area contributed by atoms with Gasteiger partial charge < -0.3 is 10.1 Å². The van der Waals surface area contributed by atoms with Crippen LogP contribution in [0.4, 0.5) is 5.69 Å². The maximum atomic E-state index is 12.0. The van der Waals surface area contributed by atoms with Crippen molar-refractivity contribution in [3.63, 3.8) is 0 Å². The van der Waals surface area contributed by atoms with Gasteiger partial charge in [0.2, 0.25) is 5.91 Å². The van der Waals surface area contributed by atoms with E-state index < -0.39 is 0 Å². The van der Waals surface area contributed by atoms with Crippen molar-refractivity contribution in [2.75, 3.05) is 11.9 Å². The molecular weight excluding hydrogens is 302 g/mol. The highest BCUT2D eigenvalue weighted by Gasteiger charge is 2.10. The molecule has 0 saturated carbocycles. The van der Waals surface area contributed by atoms with Crippen LogP contribution in [-0.2, 0) is 20.7 Å². The maximum Gasteiger partial charge on any atom is 0.306 e. The summed E-state index contributed by atoms with van der Waals surface area (Å²) in [7, 11) is 0. The topological polar surface area (TPSA) is 55.4 Å². The van der Waals surface area contributed by atoms with Gasteiger partial charge in [-0.25, -0.2) is 0 Å². The van der Waals surface area contributed by atoms with E-state index in [0.717, 1.165) is 22.4 Å². The van der Waals surface area contributed by atoms with E-state index in [0.29, 0.717) is 13.0 Å². The Hall–Kier alpha value is -2.62. The van der Waals surface area contributed by atoms with Gasteiger partial charge in [0.05, 0.1) is 13.0 Å². The molecule has 0 saturated heterocycles. The first-order valence-corrected chi connectivity index (χ1v) is 8.12. The van der Waals surface area contributed by atoms with Crippen LogP contribution < -0.4 is 5.32 Å². The van der Waals surface area contributed by atoms with E-state index in [1.807, 2.05) is 62.4 Å². The van der Waals surface area contributed by atoms with E-state index >= 15 is 0 Å². The average Bonchev–Trinajstić information content (AvgIpc) is 2.57. The van der Waals surface area contributed by atoms with E-state index in [-0.39, 0.29) is 24.7 Å². The summed E-state index contributed by atoms with van der Waals surface area (Å²) >= 11 is 0. The molecular formula is C20H23NO3. The molecule has 126 valence electrons. The first-order chi connectivity index (χ1) is 11.6. The Balaban J connectivity index is 1.70. The van der Waals surface area contributed by atoms with Gasteiger partial charge in [0.15, 0.2) is 0 Å². The first kappa shape index (κ1) is 17.7. The maximum absolute atomic E-state index is 12.0. The highest BCUT2D eigenvalue weighted by atomic mass is 16.5. The second-order valence-corrected chi connectivity index (χ2v) is 5.77. The van der Waals surface area contributed by atoms with Crippen molar-refractivity contribution >= 4 is 17.6 Å². The zero-order valence-electron chi connectivity index (χ0n) is 14.2. The highest BCUT2D eigenvalue weighted by molar-refractivity contribution is 5.93. The number of hydrogen-bond donors (Lipinski definition) is 1. The molecule has 0 aromatic heterocycles. The summed E-state index contributed by atoms with van der Waals surface area (Å²) in [5.74, 6) is -0.519. The van der Waals surface area contributed by atoms with Gasteiger partial charge in [0.25, 0.3) is 0 Å². The van der Waals surface area contributed by atoms with Gasteiger partial charge >= 0.3 is 5.97 Å². The lowest BCUT2D eigenvalue weighted by Gasteiger charge is -2.11. The Morgan fingerprint density at radius 2 is 1.58 bits per heavy atom. The van der Waals surface area contributed by atoms with Crippen LogP contribution in [0.1, 0.15) is 29.5 Å². The number of anilines is 1. The zero-order chi connectivity index (χ0) is 17.4. The summed E-state index contributed by atoms with van der Waals surface area (Å²) in [6.45, 7) is 4.22. The van der Waals surface area contributed by atoms with Crippen LogP contribution >= 0.6 is 0 Å². The molecule has 2 rings (SSSR count). The minimum Gasteiger partial charge on any atom is -0.465 e. The Bertz CT molecular complexity index is 675. The predicted octanol–water partition coefficient (Wildman–Crippen LogP) is 3.81. The number of ether oxygens (including phenoxy) is 1. The van der Waals surface area contributed by atoms with Gasteiger partial charge in [0, 0.05) is 18.5 Å². The largest absolute Gasteiger partial charge is 0.465 e.